The molecule has 1 spiro atoms. The standard InChI is InChI=1S/C15H28N2O3/c1-3-17(4-2)14(18)5-8-16-13-6-9-20-15(11-13)7-10-19-12-15/h13,16H,3-12H2,1-2H3. The Bertz CT molecular complexity index is 312. The van der Waals surface area contributed by atoms with E-state index in [1.807, 2.05) is 18.7 Å². The fourth-order valence-electron chi connectivity index (χ4n) is 3.18. The van der Waals surface area contributed by atoms with Crippen molar-refractivity contribution in [3.63, 3.8) is 0 Å². The summed E-state index contributed by atoms with van der Waals surface area (Å²) in [5.74, 6) is 0.244. The summed E-state index contributed by atoms with van der Waals surface area (Å²) in [6.07, 6.45) is 3.62. The predicted octanol–water partition coefficient (Wildman–Crippen LogP) is 1.17. The third kappa shape index (κ3) is 3.93. The van der Waals surface area contributed by atoms with E-state index in [4.69, 9.17) is 9.47 Å². The monoisotopic (exact) mass is 284 g/mol. The number of hydrogen-bond acceptors (Lipinski definition) is 4. The van der Waals surface area contributed by atoms with Gasteiger partial charge in [0.05, 0.1) is 12.2 Å². The number of amides is 1. The first-order chi connectivity index (χ1) is 9.69. The van der Waals surface area contributed by atoms with Crippen molar-refractivity contribution in [1.82, 2.24) is 10.2 Å². The Labute approximate surface area is 122 Å². The quantitative estimate of drug-likeness (QED) is 0.795. The normalized spacial score (nSPS) is 29.8. The zero-order valence-electron chi connectivity index (χ0n) is 12.8. The second kappa shape index (κ2) is 7.38. The topological polar surface area (TPSA) is 50.8 Å². The molecule has 1 amide bonds. The van der Waals surface area contributed by atoms with Gasteiger partial charge in [-0.3, -0.25) is 4.79 Å². The highest BCUT2D eigenvalue weighted by molar-refractivity contribution is 5.76. The highest BCUT2D eigenvalue weighted by Gasteiger charge is 2.40. The highest BCUT2D eigenvalue weighted by Crippen LogP contribution is 2.32. The molecule has 2 unspecified atom stereocenters. The maximum atomic E-state index is 11.9. The zero-order valence-corrected chi connectivity index (χ0v) is 12.8. The van der Waals surface area contributed by atoms with Crippen molar-refractivity contribution in [2.24, 2.45) is 0 Å². The fourth-order valence-corrected chi connectivity index (χ4v) is 3.18. The highest BCUT2D eigenvalue weighted by atomic mass is 16.6. The van der Waals surface area contributed by atoms with Crippen LogP contribution in [0.2, 0.25) is 0 Å². The van der Waals surface area contributed by atoms with Crippen molar-refractivity contribution in [2.75, 3.05) is 39.5 Å². The number of nitrogens with one attached hydrogen (secondary N) is 1. The van der Waals surface area contributed by atoms with Crippen LogP contribution in [0.5, 0.6) is 0 Å². The summed E-state index contributed by atoms with van der Waals surface area (Å²) < 4.78 is 11.4. The molecule has 20 heavy (non-hydrogen) atoms. The molecule has 0 aliphatic carbocycles. The molecule has 5 nitrogen and oxygen atoms in total. The fraction of sp³-hybridized carbons (Fsp3) is 0.933. The van der Waals surface area contributed by atoms with Crippen molar-refractivity contribution in [2.45, 2.75) is 51.2 Å². The molecular formula is C15H28N2O3. The number of carbonyl (C=O) groups is 1. The predicted molar refractivity (Wildman–Crippen MR) is 77.7 cm³/mol. The van der Waals surface area contributed by atoms with E-state index in [1.165, 1.54) is 0 Å². The van der Waals surface area contributed by atoms with Crippen LogP contribution in [0.15, 0.2) is 0 Å². The Hall–Kier alpha value is -0.650. The second-order valence-corrected chi connectivity index (χ2v) is 5.79. The second-order valence-electron chi connectivity index (χ2n) is 5.79. The van der Waals surface area contributed by atoms with Gasteiger partial charge in [-0.05, 0) is 26.7 Å². The van der Waals surface area contributed by atoms with Gasteiger partial charge in [0.1, 0.15) is 0 Å². The molecule has 2 aliphatic rings. The molecule has 2 fully saturated rings. The minimum absolute atomic E-state index is 0.0567. The van der Waals surface area contributed by atoms with E-state index >= 15 is 0 Å². The van der Waals surface area contributed by atoms with Crippen LogP contribution in [0.25, 0.3) is 0 Å². The van der Waals surface area contributed by atoms with Gasteiger partial charge in [-0.1, -0.05) is 0 Å². The first kappa shape index (κ1) is 15.7. The summed E-state index contributed by atoms with van der Waals surface area (Å²) in [5, 5.41) is 3.52. The molecule has 0 aromatic rings. The summed E-state index contributed by atoms with van der Waals surface area (Å²) in [4.78, 5) is 13.8. The number of hydrogen-bond donors (Lipinski definition) is 1. The molecule has 0 radical (unpaired) electrons. The summed E-state index contributed by atoms with van der Waals surface area (Å²) in [7, 11) is 0. The minimum Gasteiger partial charge on any atom is -0.378 e. The van der Waals surface area contributed by atoms with E-state index in [-0.39, 0.29) is 11.5 Å². The molecule has 0 saturated carbocycles. The van der Waals surface area contributed by atoms with E-state index in [1.54, 1.807) is 0 Å². The Morgan fingerprint density at radius 1 is 1.35 bits per heavy atom. The van der Waals surface area contributed by atoms with Gasteiger partial charge in [0, 0.05) is 51.7 Å². The van der Waals surface area contributed by atoms with Crippen LogP contribution in [0.3, 0.4) is 0 Å². The third-order valence-electron chi connectivity index (χ3n) is 4.45. The van der Waals surface area contributed by atoms with Crippen LogP contribution in [-0.2, 0) is 14.3 Å². The molecule has 2 atom stereocenters. The number of carbonyl (C=O) groups excluding carboxylic acids is 1. The van der Waals surface area contributed by atoms with E-state index in [2.05, 4.69) is 5.32 Å². The average molecular weight is 284 g/mol. The maximum absolute atomic E-state index is 11.9. The van der Waals surface area contributed by atoms with Gasteiger partial charge in [-0.2, -0.15) is 0 Å². The van der Waals surface area contributed by atoms with Gasteiger partial charge in [0.25, 0.3) is 0 Å². The van der Waals surface area contributed by atoms with Crippen LogP contribution < -0.4 is 5.32 Å². The summed E-state index contributed by atoms with van der Waals surface area (Å²) in [5.41, 5.74) is -0.0567. The molecule has 0 aromatic carbocycles. The van der Waals surface area contributed by atoms with Gasteiger partial charge in [-0.25, -0.2) is 0 Å². The SMILES string of the molecule is CCN(CC)C(=O)CCNC1CCOC2(CCOC2)C1. The zero-order chi connectivity index (χ0) is 14.4. The molecule has 5 heteroatoms. The van der Waals surface area contributed by atoms with Crippen molar-refractivity contribution in [3.05, 3.63) is 0 Å². The Morgan fingerprint density at radius 2 is 2.15 bits per heavy atom. The van der Waals surface area contributed by atoms with Crippen molar-refractivity contribution >= 4 is 5.91 Å². The number of nitrogens with zero attached hydrogens (tertiary/aromatic N) is 1. The first-order valence-corrected chi connectivity index (χ1v) is 7.92. The van der Waals surface area contributed by atoms with Crippen molar-refractivity contribution in [1.29, 1.82) is 0 Å². The molecule has 0 aromatic heterocycles. The smallest absolute Gasteiger partial charge is 0.223 e. The number of ether oxygens (including phenoxy) is 2. The lowest BCUT2D eigenvalue weighted by molar-refractivity contribution is -0.130. The Morgan fingerprint density at radius 3 is 2.80 bits per heavy atom. The Kier molecular flexibility index (Phi) is 5.81. The van der Waals surface area contributed by atoms with Crippen molar-refractivity contribution in [3.8, 4) is 0 Å². The van der Waals surface area contributed by atoms with E-state index in [9.17, 15) is 4.79 Å². The lowest BCUT2D eigenvalue weighted by atomic mass is 9.89. The summed E-state index contributed by atoms with van der Waals surface area (Å²) in [6.45, 7) is 8.74. The van der Waals surface area contributed by atoms with Crippen LogP contribution in [-0.4, -0.2) is 61.9 Å². The lowest BCUT2D eigenvalue weighted by Crippen LogP contribution is -2.48. The van der Waals surface area contributed by atoms with Gasteiger partial charge < -0.3 is 19.7 Å². The largest absolute Gasteiger partial charge is 0.378 e. The van der Waals surface area contributed by atoms with E-state index in [0.717, 1.165) is 58.7 Å². The molecule has 2 rings (SSSR count). The van der Waals surface area contributed by atoms with Gasteiger partial charge in [0.15, 0.2) is 0 Å². The summed E-state index contributed by atoms with van der Waals surface area (Å²) in [6, 6.07) is 0.454. The molecule has 1 N–H and O–H groups in total. The van der Waals surface area contributed by atoms with Gasteiger partial charge in [-0.15, -0.1) is 0 Å². The maximum Gasteiger partial charge on any atom is 0.223 e. The lowest BCUT2D eigenvalue weighted by Gasteiger charge is -2.37. The third-order valence-corrected chi connectivity index (χ3v) is 4.45. The molecule has 2 aliphatic heterocycles. The van der Waals surface area contributed by atoms with E-state index < -0.39 is 0 Å². The van der Waals surface area contributed by atoms with Crippen LogP contribution in [0.4, 0.5) is 0 Å². The van der Waals surface area contributed by atoms with Crippen LogP contribution in [0.1, 0.15) is 39.5 Å². The van der Waals surface area contributed by atoms with E-state index in [0.29, 0.717) is 12.5 Å². The Balaban J connectivity index is 1.70. The molecular weight excluding hydrogens is 256 g/mol. The molecule has 2 saturated heterocycles. The average Bonchev–Trinajstić information content (AvgIpc) is 2.88. The minimum atomic E-state index is -0.0567. The molecule has 0 bridgehead atoms. The van der Waals surface area contributed by atoms with Crippen LogP contribution >= 0.6 is 0 Å². The van der Waals surface area contributed by atoms with Crippen molar-refractivity contribution < 1.29 is 14.3 Å². The van der Waals surface area contributed by atoms with Gasteiger partial charge in [0.2, 0.25) is 5.91 Å². The first-order valence-electron chi connectivity index (χ1n) is 7.92. The van der Waals surface area contributed by atoms with Crippen LogP contribution in [0, 0.1) is 0 Å². The van der Waals surface area contributed by atoms with Gasteiger partial charge >= 0.3 is 0 Å². The molecule has 116 valence electrons. The molecule has 2 heterocycles. The summed E-state index contributed by atoms with van der Waals surface area (Å²) >= 11 is 0. The number of rotatable bonds is 6.